The monoisotopic (exact) mass is 293 g/mol. The van der Waals surface area contributed by atoms with E-state index in [0.29, 0.717) is 10.7 Å². The lowest BCUT2D eigenvalue weighted by molar-refractivity contribution is -0.599. The third-order valence-electron chi connectivity index (χ3n) is 2.19. The largest absolute Gasteiger partial charge is 0.741 e. The number of aromatic amines is 1. The van der Waals surface area contributed by atoms with Gasteiger partial charge in [0.2, 0.25) is 0 Å². The van der Waals surface area contributed by atoms with E-state index in [1.807, 2.05) is 36.0 Å². The van der Waals surface area contributed by atoms with Crippen LogP contribution in [-0.2, 0) is 12.6 Å². The van der Waals surface area contributed by atoms with Crippen LogP contribution in [0.2, 0.25) is 0 Å². The van der Waals surface area contributed by atoms with Crippen molar-refractivity contribution < 1.29 is 4.57 Å². The van der Waals surface area contributed by atoms with Crippen molar-refractivity contribution in [1.82, 2.24) is 4.98 Å². The molecule has 19 heavy (non-hydrogen) atoms. The highest BCUT2D eigenvalue weighted by Gasteiger charge is 2.15. The van der Waals surface area contributed by atoms with E-state index in [0.717, 1.165) is 16.9 Å². The van der Waals surface area contributed by atoms with Gasteiger partial charge in [-0.3, -0.25) is 0 Å². The molecule has 0 saturated heterocycles. The number of rotatable bonds is 3. The number of pyridine rings is 1. The normalized spacial score (nSPS) is 12.2. The molecular formula is C11H11N5OS2. The molecule has 3 N–H and O–H groups in total. The topological polar surface area (TPSA) is 87.5 Å². The van der Waals surface area contributed by atoms with E-state index < -0.39 is 0 Å². The van der Waals surface area contributed by atoms with Gasteiger partial charge in [0.15, 0.2) is 0 Å². The van der Waals surface area contributed by atoms with Gasteiger partial charge >= 0.3 is 10.7 Å². The maximum absolute atomic E-state index is 11.5. The van der Waals surface area contributed by atoms with Gasteiger partial charge in [0.1, 0.15) is 4.88 Å². The minimum absolute atomic E-state index is 0.0520. The molecule has 6 nitrogen and oxygen atoms in total. The molecular weight excluding hydrogens is 282 g/mol. The van der Waals surface area contributed by atoms with E-state index in [-0.39, 0.29) is 10.0 Å². The molecule has 0 spiro atoms. The molecule has 2 aromatic rings. The van der Waals surface area contributed by atoms with Crippen LogP contribution in [-0.4, -0.2) is 16.4 Å². The summed E-state index contributed by atoms with van der Waals surface area (Å²) in [5.74, 6) is 0.639. The zero-order chi connectivity index (χ0) is 13.8. The van der Waals surface area contributed by atoms with Gasteiger partial charge in [-0.2, -0.15) is 15.2 Å². The molecule has 0 atom stereocenters. The van der Waals surface area contributed by atoms with Crippen LogP contribution >= 0.6 is 11.3 Å². The number of nitrogens with one attached hydrogen (secondary N) is 1. The summed E-state index contributed by atoms with van der Waals surface area (Å²) >= 11 is 5.63. The number of nitrogens with two attached hydrogens (primary N) is 1. The first-order valence-electron chi connectivity index (χ1n) is 5.31. The number of amidine groups is 1. The number of aromatic nitrogens is 2. The minimum atomic E-state index is -0.166. The van der Waals surface area contributed by atoms with Crippen molar-refractivity contribution in [3.8, 4) is 5.82 Å². The lowest BCUT2D eigenvalue weighted by atomic mass is 10.3. The standard InChI is InChI=1S/C11H11N5OS2/c1-7-3-2-4-16(6-7)9-8(19-11(17)14-9)5-13-15-10(12)18/h2-6H,1H3,(H3-,12,13,14,15,17,18). The summed E-state index contributed by atoms with van der Waals surface area (Å²) in [4.78, 5) is 14.7. The fourth-order valence-electron chi connectivity index (χ4n) is 1.48. The summed E-state index contributed by atoms with van der Waals surface area (Å²) in [6.45, 7) is 1.97. The van der Waals surface area contributed by atoms with Crippen LogP contribution in [0.1, 0.15) is 10.4 Å². The third-order valence-corrected chi connectivity index (χ3v) is 3.08. The predicted octanol–water partition coefficient (Wildman–Crippen LogP) is 0.217. The molecule has 0 amide bonds. The van der Waals surface area contributed by atoms with Gasteiger partial charge in [-0.05, 0) is 35.1 Å². The number of thiazole rings is 1. The van der Waals surface area contributed by atoms with Crippen molar-refractivity contribution in [3.63, 3.8) is 0 Å². The SMILES string of the molecule is Cc1ccc[n+](-c2[nH]c(=O)sc2/C=N/N=C(/N)[S-])c1. The van der Waals surface area contributed by atoms with Crippen LogP contribution in [0, 0.1) is 6.92 Å². The number of H-pyrrole nitrogens is 1. The number of aryl methyl sites for hydroxylation is 1. The summed E-state index contributed by atoms with van der Waals surface area (Å²) in [6, 6.07) is 3.86. The molecule has 98 valence electrons. The summed E-state index contributed by atoms with van der Waals surface area (Å²) in [7, 11) is 0. The maximum atomic E-state index is 11.5. The quantitative estimate of drug-likeness (QED) is 0.279. The Morgan fingerprint density at radius 3 is 3.11 bits per heavy atom. The van der Waals surface area contributed by atoms with E-state index >= 15 is 0 Å². The first-order valence-corrected chi connectivity index (χ1v) is 6.53. The molecule has 2 rings (SSSR count). The number of nitrogens with zero attached hydrogens (tertiary/aromatic N) is 3. The predicted molar refractivity (Wildman–Crippen MR) is 77.8 cm³/mol. The fourth-order valence-corrected chi connectivity index (χ4v) is 2.23. The Kier molecular flexibility index (Phi) is 4.03. The average molecular weight is 293 g/mol. The van der Waals surface area contributed by atoms with Crippen LogP contribution in [0.4, 0.5) is 0 Å². The van der Waals surface area contributed by atoms with Gasteiger partial charge in [-0.15, -0.1) is 0 Å². The van der Waals surface area contributed by atoms with Crippen LogP contribution in [0.5, 0.6) is 0 Å². The van der Waals surface area contributed by atoms with Gasteiger partial charge in [0.25, 0.3) is 0 Å². The Bertz CT molecular complexity index is 697. The van der Waals surface area contributed by atoms with E-state index in [2.05, 4.69) is 27.8 Å². The van der Waals surface area contributed by atoms with E-state index in [9.17, 15) is 4.79 Å². The lowest BCUT2D eigenvalue weighted by Crippen LogP contribution is -2.32. The summed E-state index contributed by atoms with van der Waals surface area (Å²) in [5.41, 5.74) is 6.28. The van der Waals surface area contributed by atoms with Crippen LogP contribution in [0.15, 0.2) is 39.5 Å². The van der Waals surface area contributed by atoms with Crippen LogP contribution in [0.3, 0.4) is 0 Å². The molecule has 0 aromatic carbocycles. The first kappa shape index (κ1) is 13.4. The van der Waals surface area contributed by atoms with Gasteiger partial charge in [0, 0.05) is 0 Å². The average Bonchev–Trinajstić information content (AvgIpc) is 2.70. The molecule has 0 bridgehead atoms. The Hall–Kier alpha value is -2.06. The Balaban J connectivity index is 2.44. The second-order valence-electron chi connectivity index (χ2n) is 3.70. The van der Waals surface area contributed by atoms with Crippen molar-refractivity contribution in [1.29, 1.82) is 0 Å². The lowest BCUT2D eigenvalue weighted by Gasteiger charge is -1.98. The van der Waals surface area contributed by atoms with Gasteiger partial charge < -0.3 is 18.4 Å². The number of hydrogen-bond acceptors (Lipinski definition) is 5. The molecule has 0 unspecified atom stereocenters. The molecule has 0 aliphatic carbocycles. The maximum Gasteiger partial charge on any atom is 0.390 e. The molecule has 8 heteroatoms. The van der Waals surface area contributed by atoms with Crippen molar-refractivity contribution in [3.05, 3.63) is 44.6 Å². The Morgan fingerprint density at radius 1 is 1.63 bits per heavy atom. The molecule has 2 heterocycles. The van der Waals surface area contributed by atoms with Crippen molar-refractivity contribution in [2.75, 3.05) is 0 Å². The van der Waals surface area contributed by atoms with Crippen LogP contribution in [0.25, 0.3) is 5.82 Å². The summed E-state index contributed by atoms with van der Waals surface area (Å²) in [6.07, 6.45) is 5.19. The molecule has 0 radical (unpaired) electrons. The van der Waals surface area contributed by atoms with Gasteiger partial charge in [-0.25, -0.2) is 9.36 Å². The smallest absolute Gasteiger partial charge is 0.390 e. The highest BCUT2D eigenvalue weighted by atomic mass is 32.1. The molecule has 0 fully saturated rings. The summed E-state index contributed by atoms with van der Waals surface area (Å²) in [5, 5.41) is 7.22. The van der Waals surface area contributed by atoms with E-state index in [1.54, 1.807) is 0 Å². The van der Waals surface area contributed by atoms with E-state index in [4.69, 9.17) is 5.73 Å². The van der Waals surface area contributed by atoms with Crippen molar-refractivity contribution in [2.24, 2.45) is 15.9 Å². The van der Waals surface area contributed by atoms with E-state index in [1.165, 1.54) is 6.21 Å². The highest BCUT2D eigenvalue weighted by Crippen LogP contribution is 2.06. The Morgan fingerprint density at radius 2 is 2.42 bits per heavy atom. The second kappa shape index (κ2) is 5.72. The summed E-state index contributed by atoms with van der Waals surface area (Å²) < 4.78 is 1.81. The van der Waals surface area contributed by atoms with Gasteiger partial charge in [-0.1, -0.05) is 6.07 Å². The zero-order valence-electron chi connectivity index (χ0n) is 10.0. The van der Waals surface area contributed by atoms with Crippen molar-refractivity contribution in [2.45, 2.75) is 6.92 Å². The second-order valence-corrected chi connectivity index (χ2v) is 5.13. The highest BCUT2D eigenvalue weighted by molar-refractivity contribution is 7.77. The fraction of sp³-hybridized carbons (Fsp3) is 0.0909. The minimum Gasteiger partial charge on any atom is -0.741 e. The van der Waals surface area contributed by atoms with Gasteiger partial charge in [0.05, 0.1) is 18.6 Å². The van der Waals surface area contributed by atoms with Crippen molar-refractivity contribution >= 4 is 35.3 Å². The molecule has 0 aliphatic rings. The molecule has 2 aromatic heterocycles. The third kappa shape index (κ3) is 3.46. The number of hydrogen-bond donors (Lipinski definition) is 2. The Labute approximate surface area is 118 Å². The molecule has 0 saturated carbocycles. The van der Waals surface area contributed by atoms with Crippen LogP contribution < -0.4 is 15.2 Å². The zero-order valence-corrected chi connectivity index (χ0v) is 11.7. The molecule has 0 aliphatic heterocycles. The first-order chi connectivity index (χ1) is 9.06.